The number of fused-ring (bicyclic) bond motifs is 4. The van der Waals surface area contributed by atoms with Crippen LogP contribution in [-0.4, -0.2) is 53.4 Å². The van der Waals surface area contributed by atoms with E-state index in [9.17, 15) is 0 Å². The van der Waals surface area contributed by atoms with E-state index in [1.54, 1.807) is 11.3 Å². The van der Waals surface area contributed by atoms with Crippen LogP contribution in [0.3, 0.4) is 0 Å². The predicted molar refractivity (Wildman–Crippen MR) is 132 cm³/mol. The Morgan fingerprint density at radius 3 is 2.91 bits per heavy atom. The summed E-state index contributed by atoms with van der Waals surface area (Å²) in [7, 11) is 0. The third kappa shape index (κ3) is 4.34. The van der Waals surface area contributed by atoms with Gasteiger partial charge in [0.15, 0.2) is 5.69 Å². The molecule has 5 aromatic rings. The molecule has 0 aliphatic carbocycles. The van der Waals surface area contributed by atoms with Crippen molar-refractivity contribution in [3.8, 4) is 0 Å². The number of rotatable bonds is 3. The monoisotopic (exact) mass is 489 g/mol. The van der Waals surface area contributed by atoms with Gasteiger partial charge in [-0.1, -0.05) is 17.4 Å². The van der Waals surface area contributed by atoms with Gasteiger partial charge in [0, 0.05) is 24.5 Å². The second-order valence-corrected chi connectivity index (χ2v) is 9.59. The van der Waals surface area contributed by atoms with Gasteiger partial charge in [-0.15, -0.1) is 0 Å². The maximum absolute atomic E-state index is 8.36. The molecular formula is C24H23N7O3S. The van der Waals surface area contributed by atoms with Crippen molar-refractivity contribution < 1.29 is 14.6 Å². The smallest absolute Gasteiger partial charge is 0.290 e. The second-order valence-electron chi connectivity index (χ2n) is 8.43. The molecule has 1 fully saturated rings. The van der Waals surface area contributed by atoms with Gasteiger partial charge in [0.2, 0.25) is 4.96 Å². The summed E-state index contributed by atoms with van der Waals surface area (Å²) >= 11 is 1.59. The van der Waals surface area contributed by atoms with Gasteiger partial charge in [-0.05, 0) is 38.8 Å². The molecule has 0 radical (unpaired) electrons. The van der Waals surface area contributed by atoms with Crippen molar-refractivity contribution in [2.45, 2.75) is 45.3 Å². The minimum atomic E-state index is -0.250. The van der Waals surface area contributed by atoms with Crippen molar-refractivity contribution in [1.29, 1.82) is 0 Å². The fraction of sp³-hybridized carbons (Fsp3) is 0.333. The van der Waals surface area contributed by atoms with Gasteiger partial charge >= 0.3 is 0 Å². The molecule has 0 unspecified atom stereocenters. The predicted octanol–water partition coefficient (Wildman–Crippen LogP) is 4.58. The lowest BCUT2D eigenvalue weighted by atomic mass is 10.0. The quantitative estimate of drug-likeness (QED) is 0.292. The Labute approximate surface area is 204 Å². The summed E-state index contributed by atoms with van der Waals surface area (Å²) in [6.45, 7) is 12.0. The van der Waals surface area contributed by atoms with E-state index in [2.05, 4.69) is 26.4 Å². The molecule has 0 spiro atoms. The molecule has 1 aliphatic heterocycles. The summed E-state index contributed by atoms with van der Waals surface area (Å²) in [5, 5.41) is 13.3. The third-order valence-corrected chi connectivity index (χ3v) is 6.90. The van der Waals surface area contributed by atoms with Crippen LogP contribution in [-0.2, 0) is 16.0 Å². The van der Waals surface area contributed by atoms with E-state index in [4.69, 9.17) is 31.2 Å². The molecule has 1 saturated heterocycles. The van der Waals surface area contributed by atoms with E-state index in [-0.39, 0.29) is 18.6 Å². The maximum Gasteiger partial charge on any atom is 0.290 e. The highest BCUT2D eigenvalue weighted by molar-refractivity contribution is 7.16. The van der Waals surface area contributed by atoms with E-state index in [0.29, 0.717) is 12.1 Å². The van der Waals surface area contributed by atoms with Gasteiger partial charge in [0.05, 0.1) is 41.8 Å². The maximum atomic E-state index is 8.36. The molecule has 178 valence electrons. The number of hydrogen-bond acceptors (Lipinski definition) is 7. The fourth-order valence-corrected chi connectivity index (χ4v) is 5.44. The first-order valence-electron chi connectivity index (χ1n) is 11.2. The van der Waals surface area contributed by atoms with Crippen molar-refractivity contribution in [2.75, 3.05) is 6.61 Å². The lowest BCUT2D eigenvalue weighted by molar-refractivity contribution is -0.122. The second kappa shape index (κ2) is 9.40. The average molecular weight is 490 g/mol. The molecule has 4 aromatic heterocycles. The number of carboxylic acid groups (broad SMARTS) is 1. The minimum absolute atomic E-state index is 0.191. The molecule has 2 atom stereocenters. The van der Waals surface area contributed by atoms with E-state index in [1.165, 1.54) is 0 Å². The first-order chi connectivity index (χ1) is 17.0. The zero-order valence-electron chi connectivity index (χ0n) is 19.2. The highest BCUT2D eigenvalue weighted by atomic mass is 32.1. The van der Waals surface area contributed by atoms with Crippen molar-refractivity contribution in [2.24, 2.45) is 0 Å². The first kappa shape index (κ1) is 22.9. The number of ether oxygens (including phenoxy) is 1. The number of nitrogens with zero attached hydrogens (tertiary/aromatic N) is 7. The molecule has 1 aromatic carbocycles. The van der Waals surface area contributed by atoms with E-state index in [0.717, 1.165) is 62.9 Å². The van der Waals surface area contributed by atoms with Gasteiger partial charge in [-0.3, -0.25) is 9.78 Å². The van der Waals surface area contributed by atoms with Crippen molar-refractivity contribution in [1.82, 2.24) is 29.1 Å². The SMILES string of the molecule is O=CO.[C-]#[N+]c1ccc2ncc3nc(Cc4cn5nc(C)sc5n4)n([C@@H]4CCO[C@H](C)C4)c3c2c1. The van der Waals surface area contributed by atoms with Crippen LogP contribution < -0.4 is 0 Å². The molecule has 0 bridgehead atoms. The van der Waals surface area contributed by atoms with Crippen LogP contribution >= 0.6 is 11.3 Å². The summed E-state index contributed by atoms with van der Waals surface area (Å²) < 4.78 is 10.0. The van der Waals surface area contributed by atoms with Crippen molar-refractivity contribution >= 4 is 50.4 Å². The normalized spacial score (nSPS) is 17.9. The first-order valence-corrected chi connectivity index (χ1v) is 12.0. The standard InChI is InChI=1S/C23H21N7OS.CH2O2/c1-13-8-17(6-7-31-13)30-21(10-16-12-29-23(26-16)32-14(2)28-29)27-20-11-25-19-5-4-15(24-3)9-18(19)22(20)30;2-1-3/h4-5,9,11-13,17H,6-8,10H2,1-2H3;1H,(H,2,3)/t13-,17-;/m1./s1. The lowest BCUT2D eigenvalue weighted by Gasteiger charge is -2.30. The number of imidazole rings is 2. The molecule has 0 amide bonds. The molecule has 11 heteroatoms. The Morgan fingerprint density at radius 2 is 2.17 bits per heavy atom. The van der Waals surface area contributed by atoms with E-state index in [1.807, 2.05) is 42.0 Å². The van der Waals surface area contributed by atoms with E-state index < -0.39 is 0 Å². The van der Waals surface area contributed by atoms with E-state index >= 15 is 0 Å². The Balaban J connectivity index is 0.000000806. The number of hydrogen-bond donors (Lipinski definition) is 1. The van der Waals surface area contributed by atoms with Crippen LogP contribution in [0.4, 0.5) is 5.69 Å². The zero-order valence-corrected chi connectivity index (χ0v) is 20.1. The summed E-state index contributed by atoms with van der Waals surface area (Å²) in [5.74, 6) is 0.962. The third-order valence-electron chi connectivity index (χ3n) is 6.06. The molecule has 1 N–H and O–H groups in total. The zero-order chi connectivity index (χ0) is 24.5. The van der Waals surface area contributed by atoms with Gasteiger partial charge in [-0.2, -0.15) is 5.10 Å². The molecular weight excluding hydrogens is 466 g/mol. The Hall–Kier alpha value is -3.88. The number of aryl methyl sites for hydroxylation is 1. The van der Waals surface area contributed by atoms with Crippen molar-refractivity contribution in [3.63, 3.8) is 0 Å². The molecule has 0 saturated carbocycles. The van der Waals surface area contributed by atoms with Crippen LogP contribution in [0.5, 0.6) is 0 Å². The van der Waals surface area contributed by atoms with Gasteiger partial charge in [0.25, 0.3) is 6.47 Å². The highest BCUT2D eigenvalue weighted by Gasteiger charge is 2.27. The molecule has 5 heterocycles. The van der Waals surface area contributed by atoms with Crippen LogP contribution in [0.15, 0.2) is 30.6 Å². The number of benzene rings is 1. The van der Waals surface area contributed by atoms with Gasteiger partial charge in [-0.25, -0.2) is 19.3 Å². The summed E-state index contributed by atoms with van der Waals surface area (Å²) in [6.07, 6.45) is 6.48. The van der Waals surface area contributed by atoms with Crippen LogP contribution in [0.25, 0.3) is 31.7 Å². The Kier molecular flexibility index (Phi) is 6.15. The molecule has 6 rings (SSSR count). The fourth-order valence-electron chi connectivity index (χ4n) is 4.70. The topological polar surface area (TPSA) is 112 Å². The number of carbonyl (C=O) groups is 1. The number of aromatic nitrogens is 6. The minimum Gasteiger partial charge on any atom is -0.483 e. The largest absolute Gasteiger partial charge is 0.483 e. The molecule has 10 nitrogen and oxygen atoms in total. The van der Waals surface area contributed by atoms with Crippen LogP contribution in [0, 0.1) is 13.5 Å². The van der Waals surface area contributed by atoms with Gasteiger partial charge < -0.3 is 14.4 Å². The van der Waals surface area contributed by atoms with Crippen molar-refractivity contribution in [3.05, 3.63) is 58.5 Å². The van der Waals surface area contributed by atoms with Crippen LogP contribution in [0.1, 0.15) is 42.3 Å². The highest BCUT2D eigenvalue weighted by Crippen LogP contribution is 2.35. The number of pyridine rings is 1. The summed E-state index contributed by atoms with van der Waals surface area (Å²) in [4.78, 5) is 27.3. The molecule has 35 heavy (non-hydrogen) atoms. The van der Waals surface area contributed by atoms with Gasteiger partial charge in [0.1, 0.15) is 16.3 Å². The summed E-state index contributed by atoms with van der Waals surface area (Å²) in [5.41, 5.74) is 4.32. The lowest BCUT2D eigenvalue weighted by Crippen LogP contribution is -2.26. The van der Waals surface area contributed by atoms with Crippen LogP contribution in [0.2, 0.25) is 0 Å². The Morgan fingerprint density at radius 1 is 1.34 bits per heavy atom. The molecule has 1 aliphatic rings. The average Bonchev–Trinajstić information content (AvgIpc) is 3.49. The summed E-state index contributed by atoms with van der Waals surface area (Å²) in [6, 6.07) is 5.94. The Bertz CT molecular complexity index is 1550.